The first-order valence-electron chi connectivity index (χ1n) is 7.04. The Kier molecular flexibility index (Phi) is 5.90. The largest absolute Gasteiger partial charge is 0.431 e. The molecule has 12 heteroatoms. The second-order valence-corrected chi connectivity index (χ2v) is 5.18. The van der Waals surface area contributed by atoms with Crippen molar-refractivity contribution >= 4 is 17.3 Å². The highest BCUT2D eigenvalue weighted by molar-refractivity contribution is 6.00. The predicted molar refractivity (Wildman–Crippen MR) is 79.0 cm³/mol. The Hall–Kier alpha value is -3.18. The van der Waals surface area contributed by atoms with Crippen LogP contribution in [-0.4, -0.2) is 12.1 Å². The summed E-state index contributed by atoms with van der Waals surface area (Å²) in [5.41, 5.74) is -3.40. The van der Waals surface area contributed by atoms with Gasteiger partial charge in [-0.25, -0.2) is 26.3 Å². The number of rotatable bonds is 4. The van der Waals surface area contributed by atoms with Gasteiger partial charge in [-0.2, -0.15) is 13.2 Å². The average molecular weight is 414 g/mol. The number of allylic oxidation sites excluding steroid dienone is 1. The second kappa shape index (κ2) is 7.82. The zero-order chi connectivity index (χ0) is 21.2. The van der Waals surface area contributed by atoms with Crippen LogP contribution in [0.4, 0.5) is 50.9 Å². The highest BCUT2D eigenvalue weighted by atomic mass is 19.4. The molecule has 0 saturated heterocycles. The van der Waals surface area contributed by atoms with E-state index in [4.69, 9.17) is 0 Å². The molecule has 0 fully saturated rings. The fourth-order valence-electron chi connectivity index (χ4n) is 1.91. The van der Waals surface area contributed by atoms with Crippen molar-refractivity contribution in [2.75, 3.05) is 10.6 Å². The molecule has 0 bridgehead atoms. The highest BCUT2D eigenvalue weighted by Gasteiger charge is 2.35. The first-order chi connectivity index (χ1) is 12.9. The zero-order valence-corrected chi connectivity index (χ0v) is 13.2. The SMILES string of the molecule is O=C(/C=C(/Nc1cc(F)c(F)c(F)c1)C(F)(F)F)Nc1cc(F)c(F)c(F)c1. The first kappa shape index (κ1) is 21.1. The Morgan fingerprint density at radius 2 is 1.07 bits per heavy atom. The van der Waals surface area contributed by atoms with Gasteiger partial charge >= 0.3 is 6.18 Å². The normalized spacial score (nSPS) is 12.1. The Labute approximate surface area is 150 Å². The summed E-state index contributed by atoms with van der Waals surface area (Å²) >= 11 is 0. The molecule has 0 atom stereocenters. The number of alkyl halides is 3. The molecule has 0 radical (unpaired) electrons. The van der Waals surface area contributed by atoms with E-state index in [-0.39, 0.29) is 18.2 Å². The van der Waals surface area contributed by atoms with Crippen LogP contribution in [0.5, 0.6) is 0 Å². The van der Waals surface area contributed by atoms with Gasteiger partial charge in [0.2, 0.25) is 5.91 Å². The molecular weight excluding hydrogens is 407 g/mol. The summed E-state index contributed by atoms with van der Waals surface area (Å²) in [6.07, 6.45) is -5.36. The van der Waals surface area contributed by atoms with Gasteiger partial charge in [0.05, 0.1) is 0 Å². The Balaban J connectivity index is 2.30. The van der Waals surface area contributed by atoms with E-state index < -0.39 is 64.1 Å². The molecule has 2 N–H and O–H groups in total. The van der Waals surface area contributed by atoms with Crippen LogP contribution >= 0.6 is 0 Å². The lowest BCUT2D eigenvalue weighted by Crippen LogP contribution is -2.22. The third kappa shape index (κ3) is 4.96. The molecule has 0 aromatic heterocycles. The van der Waals surface area contributed by atoms with E-state index in [1.54, 1.807) is 5.32 Å². The van der Waals surface area contributed by atoms with Crippen LogP contribution in [0.1, 0.15) is 0 Å². The minimum Gasteiger partial charge on any atom is -0.351 e. The molecule has 0 aliphatic carbocycles. The number of nitrogens with one attached hydrogen (secondary N) is 2. The van der Waals surface area contributed by atoms with Crippen LogP contribution < -0.4 is 10.6 Å². The topological polar surface area (TPSA) is 41.1 Å². The summed E-state index contributed by atoms with van der Waals surface area (Å²) in [6, 6.07) is 1.05. The average Bonchev–Trinajstić information content (AvgIpc) is 2.56. The highest BCUT2D eigenvalue weighted by Crippen LogP contribution is 2.28. The molecule has 0 saturated carbocycles. The van der Waals surface area contributed by atoms with Crippen molar-refractivity contribution in [2.45, 2.75) is 6.18 Å². The van der Waals surface area contributed by atoms with Crippen molar-refractivity contribution in [3.8, 4) is 0 Å². The van der Waals surface area contributed by atoms with E-state index in [9.17, 15) is 44.3 Å². The minimum atomic E-state index is -5.24. The summed E-state index contributed by atoms with van der Waals surface area (Å²) in [4.78, 5) is 11.7. The van der Waals surface area contributed by atoms with Crippen molar-refractivity contribution in [1.82, 2.24) is 0 Å². The molecule has 2 rings (SSSR count). The van der Waals surface area contributed by atoms with E-state index in [1.165, 1.54) is 5.32 Å². The van der Waals surface area contributed by atoms with Crippen LogP contribution in [0.15, 0.2) is 36.0 Å². The standard InChI is InChI=1S/C16H7F9N2O/c17-8-1-6(2-9(18)14(8)21)26-12(16(23,24)25)5-13(28)27-7-3-10(19)15(22)11(20)4-7/h1-5,26H,(H,27,28)/b12-5+. The second-order valence-electron chi connectivity index (χ2n) is 5.18. The molecular formula is C16H7F9N2O. The summed E-state index contributed by atoms with van der Waals surface area (Å²) in [5.74, 6) is -12.3. The monoisotopic (exact) mass is 414 g/mol. The molecule has 28 heavy (non-hydrogen) atoms. The van der Waals surface area contributed by atoms with E-state index >= 15 is 0 Å². The van der Waals surface area contributed by atoms with Crippen molar-refractivity contribution in [3.63, 3.8) is 0 Å². The van der Waals surface area contributed by atoms with Crippen molar-refractivity contribution < 1.29 is 44.3 Å². The van der Waals surface area contributed by atoms with Gasteiger partial charge in [0.1, 0.15) is 5.70 Å². The molecule has 1 amide bonds. The quantitative estimate of drug-likeness (QED) is 0.419. The van der Waals surface area contributed by atoms with E-state index in [1.807, 2.05) is 0 Å². The summed E-state index contributed by atoms with van der Waals surface area (Å²) in [6.45, 7) is 0. The zero-order valence-electron chi connectivity index (χ0n) is 13.2. The Morgan fingerprint density at radius 1 is 0.714 bits per heavy atom. The molecule has 2 aromatic rings. The van der Waals surface area contributed by atoms with Gasteiger partial charge in [-0.3, -0.25) is 4.79 Å². The predicted octanol–water partition coefficient (Wildman–Crippen LogP) is 5.02. The number of anilines is 2. The number of hydrogen-bond acceptors (Lipinski definition) is 2. The molecule has 3 nitrogen and oxygen atoms in total. The maximum atomic E-state index is 13.1. The van der Waals surface area contributed by atoms with Gasteiger partial charge in [-0.05, 0) is 0 Å². The lowest BCUT2D eigenvalue weighted by atomic mass is 10.2. The maximum Gasteiger partial charge on any atom is 0.431 e. The minimum absolute atomic E-state index is 0.127. The number of halogens is 9. The third-order valence-electron chi connectivity index (χ3n) is 3.10. The molecule has 2 aromatic carbocycles. The number of carbonyl (C=O) groups excluding carboxylic acids is 1. The van der Waals surface area contributed by atoms with Crippen LogP contribution in [0.25, 0.3) is 0 Å². The van der Waals surface area contributed by atoms with Crippen molar-refractivity contribution in [1.29, 1.82) is 0 Å². The molecule has 150 valence electrons. The number of carbonyl (C=O) groups is 1. The molecule has 0 spiro atoms. The van der Waals surface area contributed by atoms with Gasteiger partial charge in [0.15, 0.2) is 34.9 Å². The molecule has 0 heterocycles. The van der Waals surface area contributed by atoms with Crippen LogP contribution in [0.3, 0.4) is 0 Å². The van der Waals surface area contributed by atoms with E-state index in [0.717, 1.165) is 0 Å². The van der Waals surface area contributed by atoms with Gasteiger partial charge in [0, 0.05) is 41.7 Å². The van der Waals surface area contributed by atoms with Crippen LogP contribution in [0.2, 0.25) is 0 Å². The summed E-state index contributed by atoms with van der Waals surface area (Å²) < 4.78 is 117. The smallest absolute Gasteiger partial charge is 0.351 e. The molecule has 0 unspecified atom stereocenters. The molecule has 0 aliphatic heterocycles. The number of benzene rings is 2. The van der Waals surface area contributed by atoms with Crippen molar-refractivity contribution in [2.24, 2.45) is 0 Å². The molecule has 0 aliphatic rings. The van der Waals surface area contributed by atoms with Gasteiger partial charge in [-0.1, -0.05) is 0 Å². The fraction of sp³-hybridized carbons (Fsp3) is 0.0625. The Morgan fingerprint density at radius 3 is 1.43 bits per heavy atom. The lowest BCUT2D eigenvalue weighted by molar-refractivity contribution is -0.113. The van der Waals surface area contributed by atoms with Gasteiger partial charge < -0.3 is 10.6 Å². The van der Waals surface area contributed by atoms with E-state index in [2.05, 4.69) is 0 Å². The number of hydrogen-bond donors (Lipinski definition) is 2. The van der Waals surface area contributed by atoms with Crippen LogP contribution in [-0.2, 0) is 4.79 Å². The summed E-state index contributed by atoms with van der Waals surface area (Å²) in [5, 5.41) is 3.16. The lowest BCUT2D eigenvalue weighted by Gasteiger charge is -2.15. The fourth-order valence-corrected chi connectivity index (χ4v) is 1.91. The first-order valence-corrected chi connectivity index (χ1v) is 7.04. The van der Waals surface area contributed by atoms with Gasteiger partial charge in [-0.15, -0.1) is 0 Å². The van der Waals surface area contributed by atoms with Crippen LogP contribution in [0, 0.1) is 34.9 Å². The summed E-state index contributed by atoms with van der Waals surface area (Å²) in [7, 11) is 0. The Bertz CT molecular complexity index is 908. The van der Waals surface area contributed by atoms with Crippen molar-refractivity contribution in [3.05, 3.63) is 70.9 Å². The van der Waals surface area contributed by atoms with Gasteiger partial charge in [0.25, 0.3) is 0 Å². The third-order valence-corrected chi connectivity index (χ3v) is 3.10. The maximum absolute atomic E-state index is 13.1. The van der Waals surface area contributed by atoms with E-state index in [0.29, 0.717) is 12.1 Å². The number of amides is 1.